The van der Waals surface area contributed by atoms with Crippen molar-refractivity contribution in [2.45, 2.75) is 51.5 Å². The number of hydrogen-bond donors (Lipinski definition) is 2. The van der Waals surface area contributed by atoms with Gasteiger partial charge in [-0.05, 0) is 55.1 Å². The molecule has 1 aromatic heterocycles. The number of aromatic nitrogens is 1. The van der Waals surface area contributed by atoms with Crippen molar-refractivity contribution >= 4 is 5.91 Å². The Morgan fingerprint density at radius 1 is 1.19 bits per heavy atom. The molecule has 3 N–H and O–H groups in total. The fraction of sp³-hybridized carbons (Fsp3) is 0.429. The van der Waals surface area contributed by atoms with Crippen molar-refractivity contribution in [2.24, 2.45) is 5.73 Å². The molecule has 3 rings (SSSR count). The fourth-order valence-corrected chi connectivity index (χ4v) is 3.37. The van der Waals surface area contributed by atoms with Gasteiger partial charge in [-0.25, -0.2) is 4.98 Å². The molecular formula is C21H27N3O2. The van der Waals surface area contributed by atoms with E-state index in [-0.39, 0.29) is 0 Å². The van der Waals surface area contributed by atoms with Crippen molar-refractivity contribution in [1.29, 1.82) is 0 Å². The van der Waals surface area contributed by atoms with Gasteiger partial charge in [0, 0.05) is 18.3 Å². The first-order valence-electron chi connectivity index (χ1n) is 9.44. The van der Waals surface area contributed by atoms with Crippen LogP contribution in [0.4, 0.5) is 0 Å². The van der Waals surface area contributed by atoms with Crippen LogP contribution in [0, 0.1) is 0 Å². The SMILES string of the molecule is CCCCCCNC1Cc2ccc(Oc3ccc(C(N)=O)cn3)cc2C1. The summed E-state index contributed by atoms with van der Waals surface area (Å²) in [6.07, 6.45) is 8.71. The Morgan fingerprint density at radius 3 is 2.77 bits per heavy atom. The molecule has 138 valence electrons. The van der Waals surface area contributed by atoms with Gasteiger partial charge in [0.2, 0.25) is 11.8 Å². The Morgan fingerprint density at radius 2 is 2.04 bits per heavy atom. The van der Waals surface area contributed by atoms with E-state index in [0.29, 0.717) is 17.5 Å². The summed E-state index contributed by atoms with van der Waals surface area (Å²) in [5.41, 5.74) is 8.32. The van der Waals surface area contributed by atoms with E-state index < -0.39 is 5.91 Å². The fourth-order valence-electron chi connectivity index (χ4n) is 3.37. The van der Waals surface area contributed by atoms with Crippen LogP contribution >= 0.6 is 0 Å². The number of rotatable bonds is 9. The van der Waals surface area contributed by atoms with Crippen molar-refractivity contribution in [2.75, 3.05) is 6.54 Å². The highest BCUT2D eigenvalue weighted by Crippen LogP contribution is 2.28. The molecule has 1 aliphatic carbocycles. The number of pyridine rings is 1. The monoisotopic (exact) mass is 353 g/mol. The number of benzene rings is 1. The number of ether oxygens (including phenoxy) is 1. The third kappa shape index (κ3) is 4.82. The van der Waals surface area contributed by atoms with Gasteiger partial charge in [-0.3, -0.25) is 4.79 Å². The molecular weight excluding hydrogens is 326 g/mol. The van der Waals surface area contributed by atoms with Gasteiger partial charge in [-0.1, -0.05) is 32.3 Å². The Balaban J connectivity index is 1.54. The summed E-state index contributed by atoms with van der Waals surface area (Å²) in [5.74, 6) is 0.736. The molecule has 26 heavy (non-hydrogen) atoms. The van der Waals surface area contributed by atoms with Gasteiger partial charge in [-0.2, -0.15) is 0 Å². The zero-order valence-corrected chi connectivity index (χ0v) is 15.3. The molecule has 0 radical (unpaired) electrons. The molecule has 0 saturated carbocycles. The summed E-state index contributed by atoms with van der Waals surface area (Å²) in [6, 6.07) is 10.0. The number of nitrogens with two attached hydrogens (primary N) is 1. The highest BCUT2D eigenvalue weighted by molar-refractivity contribution is 5.92. The molecule has 5 heteroatoms. The molecule has 2 aromatic rings. The summed E-state index contributed by atoms with van der Waals surface area (Å²) in [7, 11) is 0. The molecule has 0 bridgehead atoms. The van der Waals surface area contributed by atoms with Crippen LogP contribution < -0.4 is 15.8 Å². The van der Waals surface area contributed by atoms with Gasteiger partial charge in [-0.15, -0.1) is 0 Å². The van der Waals surface area contributed by atoms with E-state index in [1.807, 2.05) is 6.07 Å². The van der Waals surface area contributed by atoms with Gasteiger partial charge in [0.25, 0.3) is 0 Å². The minimum Gasteiger partial charge on any atom is -0.439 e. The quantitative estimate of drug-likeness (QED) is 0.675. The largest absolute Gasteiger partial charge is 0.439 e. The minimum atomic E-state index is -0.491. The van der Waals surface area contributed by atoms with Crippen LogP contribution in [-0.2, 0) is 12.8 Å². The van der Waals surface area contributed by atoms with Crippen molar-refractivity contribution in [3.8, 4) is 11.6 Å². The minimum absolute atomic E-state index is 0.374. The molecule has 1 atom stereocenters. The summed E-state index contributed by atoms with van der Waals surface area (Å²) in [6.45, 7) is 3.33. The highest BCUT2D eigenvalue weighted by atomic mass is 16.5. The van der Waals surface area contributed by atoms with Crippen LogP contribution in [0.3, 0.4) is 0 Å². The van der Waals surface area contributed by atoms with Gasteiger partial charge >= 0.3 is 0 Å². The maximum atomic E-state index is 11.1. The van der Waals surface area contributed by atoms with Crippen LogP contribution in [-0.4, -0.2) is 23.5 Å². The molecule has 1 amide bonds. The normalized spacial score (nSPS) is 15.7. The number of nitrogens with zero attached hydrogens (tertiary/aromatic N) is 1. The Bertz CT molecular complexity index is 743. The van der Waals surface area contributed by atoms with E-state index in [1.54, 1.807) is 12.1 Å². The van der Waals surface area contributed by atoms with Crippen LogP contribution in [0.15, 0.2) is 36.5 Å². The van der Waals surface area contributed by atoms with Crippen molar-refractivity contribution in [1.82, 2.24) is 10.3 Å². The first-order valence-corrected chi connectivity index (χ1v) is 9.44. The summed E-state index contributed by atoms with van der Waals surface area (Å²) < 4.78 is 5.82. The number of amides is 1. The topological polar surface area (TPSA) is 77.2 Å². The number of primary amides is 1. The van der Waals surface area contributed by atoms with Gasteiger partial charge in [0.1, 0.15) is 5.75 Å². The Kier molecular flexibility index (Phi) is 6.23. The first-order chi connectivity index (χ1) is 12.7. The van der Waals surface area contributed by atoms with Crippen molar-refractivity contribution < 1.29 is 9.53 Å². The third-order valence-corrected chi connectivity index (χ3v) is 4.82. The zero-order valence-electron chi connectivity index (χ0n) is 15.3. The lowest BCUT2D eigenvalue weighted by Crippen LogP contribution is -2.30. The van der Waals surface area contributed by atoms with Gasteiger partial charge in [0.15, 0.2) is 0 Å². The second kappa shape index (κ2) is 8.81. The lowest BCUT2D eigenvalue weighted by molar-refractivity contribution is 0.1000. The van der Waals surface area contributed by atoms with Crippen molar-refractivity contribution in [3.05, 3.63) is 53.2 Å². The highest BCUT2D eigenvalue weighted by Gasteiger charge is 2.21. The second-order valence-corrected chi connectivity index (χ2v) is 6.90. The molecule has 5 nitrogen and oxygen atoms in total. The molecule has 0 spiro atoms. The summed E-state index contributed by atoms with van der Waals surface area (Å²) in [5, 5.41) is 3.68. The Labute approximate surface area is 155 Å². The van der Waals surface area contributed by atoms with Crippen LogP contribution in [0.2, 0.25) is 0 Å². The number of fused-ring (bicyclic) bond motifs is 1. The molecule has 0 aliphatic heterocycles. The van der Waals surface area contributed by atoms with E-state index in [9.17, 15) is 4.79 Å². The number of unbranched alkanes of at least 4 members (excludes halogenated alkanes) is 3. The molecule has 0 fully saturated rings. The van der Waals surface area contributed by atoms with Crippen LogP contribution in [0.5, 0.6) is 11.6 Å². The number of carbonyl (C=O) groups is 1. The number of carbonyl (C=O) groups excluding carboxylic acids is 1. The predicted molar refractivity (Wildman–Crippen MR) is 103 cm³/mol. The van der Waals surface area contributed by atoms with E-state index in [1.165, 1.54) is 43.0 Å². The van der Waals surface area contributed by atoms with Gasteiger partial charge < -0.3 is 15.8 Å². The lowest BCUT2D eigenvalue weighted by Gasteiger charge is -2.11. The van der Waals surface area contributed by atoms with Crippen LogP contribution in [0.1, 0.15) is 54.1 Å². The first kappa shape index (κ1) is 18.4. The molecule has 0 saturated heterocycles. The number of hydrogen-bond acceptors (Lipinski definition) is 4. The second-order valence-electron chi connectivity index (χ2n) is 6.90. The third-order valence-electron chi connectivity index (χ3n) is 4.82. The van der Waals surface area contributed by atoms with Crippen molar-refractivity contribution in [3.63, 3.8) is 0 Å². The summed E-state index contributed by atoms with van der Waals surface area (Å²) in [4.78, 5) is 15.2. The average Bonchev–Trinajstić information content (AvgIpc) is 3.04. The van der Waals surface area contributed by atoms with Gasteiger partial charge in [0.05, 0.1) is 5.56 Å². The van der Waals surface area contributed by atoms with E-state index in [0.717, 1.165) is 25.1 Å². The zero-order chi connectivity index (χ0) is 18.4. The standard InChI is InChI=1S/C21H27N3O2/c1-2-3-4-5-10-23-18-11-15-6-8-19(13-17(15)12-18)26-20-9-7-16(14-24-20)21(22)25/h6-9,13-14,18,23H,2-5,10-12H2,1H3,(H2,22,25). The maximum absolute atomic E-state index is 11.1. The maximum Gasteiger partial charge on any atom is 0.250 e. The van der Waals surface area contributed by atoms with E-state index >= 15 is 0 Å². The van der Waals surface area contributed by atoms with Crippen LogP contribution in [0.25, 0.3) is 0 Å². The van der Waals surface area contributed by atoms with E-state index in [4.69, 9.17) is 10.5 Å². The Hall–Kier alpha value is -2.40. The average molecular weight is 353 g/mol. The number of nitrogens with one attached hydrogen (secondary N) is 1. The van der Waals surface area contributed by atoms with E-state index in [2.05, 4.69) is 29.4 Å². The molecule has 1 heterocycles. The molecule has 1 unspecified atom stereocenters. The lowest BCUT2D eigenvalue weighted by atomic mass is 10.1. The smallest absolute Gasteiger partial charge is 0.250 e. The molecule has 1 aromatic carbocycles. The summed E-state index contributed by atoms with van der Waals surface area (Å²) >= 11 is 0. The molecule has 1 aliphatic rings. The predicted octanol–water partition coefficient (Wildman–Crippen LogP) is 3.61.